The number of anilines is 1. The number of fused-ring (bicyclic) bond motifs is 1. The number of halogens is 3. The highest BCUT2D eigenvalue weighted by atomic mass is 19.4. The van der Waals surface area contributed by atoms with Crippen molar-refractivity contribution < 1.29 is 22.7 Å². The molecule has 2 heterocycles. The highest BCUT2D eigenvalue weighted by Gasteiger charge is 2.31. The van der Waals surface area contributed by atoms with Crippen molar-refractivity contribution in [2.75, 3.05) is 11.9 Å². The fourth-order valence-electron chi connectivity index (χ4n) is 2.19. The number of carbonyl (C=O) groups excluding carboxylic acids is 1. The zero-order valence-electron chi connectivity index (χ0n) is 12.1. The number of aromatic nitrogens is 1. The molecule has 0 radical (unpaired) electrons. The number of H-pyrrole nitrogens is 1. The molecule has 0 unspecified atom stereocenters. The van der Waals surface area contributed by atoms with Crippen molar-refractivity contribution in [1.29, 1.82) is 0 Å². The average Bonchev–Trinajstić information content (AvgIpc) is 2.55. The topological polar surface area (TPSA) is 71.2 Å². The Bertz CT molecular complexity index is 885. The van der Waals surface area contributed by atoms with Gasteiger partial charge >= 0.3 is 6.18 Å². The molecule has 5 nitrogen and oxygen atoms in total. The molecule has 1 aromatic heterocycles. The first-order valence-electron chi connectivity index (χ1n) is 6.88. The Morgan fingerprint density at radius 3 is 2.75 bits per heavy atom. The van der Waals surface area contributed by atoms with E-state index in [1.807, 2.05) is 4.98 Å². The van der Waals surface area contributed by atoms with E-state index in [4.69, 9.17) is 4.74 Å². The monoisotopic (exact) mass is 336 g/mol. The summed E-state index contributed by atoms with van der Waals surface area (Å²) < 4.78 is 43.5. The summed E-state index contributed by atoms with van der Waals surface area (Å²) in [7, 11) is 0. The second kappa shape index (κ2) is 5.88. The molecule has 1 aromatic carbocycles. The van der Waals surface area contributed by atoms with Crippen molar-refractivity contribution in [1.82, 2.24) is 4.98 Å². The van der Waals surface area contributed by atoms with Gasteiger partial charge in [0.1, 0.15) is 18.0 Å². The van der Waals surface area contributed by atoms with Gasteiger partial charge in [0.15, 0.2) is 0 Å². The normalized spacial score (nSPS) is 13.5. The molecule has 2 N–H and O–H groups in total. The molecule has 0 saturated heterocycles. The zero-order chi connectivity index (χ0) is 17.3. The number of pyridine rings is 1. The van der Waals surface area contributed by atoms with Crippen molar-refractivity contribution in [3.8, 4) is 5.75 Å². The fraction of sp³-hybridized carbons (Fsp3) is 0.125. The molecule has 0 atom stereocenters. The van der Waals surface area contributed by atoms with E-state index in [-0.39, 0.29) is 12.2 Å². The third kappa shape index (κ3) is 3.17. The summed E-state index contributed by atoms with van der Waals surface area (Å²) in [5, 5.41) is 2.19. The highest BCUT2D eigenvalue weighted by molar-refractivity contribution is 6.07. The number of hydrogen-bond acceptors (Lipinski definition) is 3. The predicted octanol–water partition coefficient (Wildman–Crippen LogP) is 2.81. The van der Waals surface area contributed by atoms with Crippen LogP contribution in [0.4, 0.5) is 18.9 Å². The minimum absolute atomic E-state index is 0.0420. The minimum atomic E-state index is -4.63. The molecule has 0 saturated carbocycles. The molecule has 124 valence electrons. The molecule has 0 bridgehead atoms. The first kappa shape index (κ1) is 15.9. The summed E-state index contributed by atoms with van der Waals surface area (Å²) in [4.78, 5) is 25.8. The number of alkyl halides is 3. The van der Waals surface area contributed by atoms with Gasteiger partial charge in [-0.15, -0.1) is 0 Å². The number of nitrogens with one attached hydrogen (secondary N) is 2. The number of carbonyl (C=O) groups is 1. The lowest BCUT2D eigenvalue weighted by molar-refractivity contribution is -0.137. The van der Waals surface area contributed by atoms with Crippen LogP contribution >= 0.6 is 0 Å². The van der Waals surface area contributed by atoms with Gasteiger partial charge in [-0.05, 0) is 18.2 Å². The maximum absolute atomic E-state index is 12.7. The quantitative estimate of drug-likeness (QED) is 0.886. The van der Waals surface area contributed by atoms with Gasteiger partial charge < -0.3 is 15.0 Å². The van der Waals surface area contributed by atoms with Crippen molar-refractivity contribution in [2.24, 2.45) is 0 Å². The molecule has 1 aliphatic rings. The number of benzene rings is 1. The van der Waals surface area contributed by atoms with E-state index in [2.05, 4.69) is 5.32 Å². The van der Waals surface area contributed by atoms with Crippen LogP contribution in [0.5, 0.6) is 5.75 Å². The van der Waals surface area contributed by atoms with E-state index in [1.165, 1.54) is 0 Å². The van der Waals surface area contributed by atoms with Gasteiger partial charge in [0.2, 0.25) is 0 Å². The second-order valence-corrected chi connectivity index (χ2v) is 5.08. The largest absolute Gasteiger partial charge is 0.488 e. The standard InChI is InChI=1S/C16H11F3N2O3/c17-16(18,19)11-6-12(15(23)20-7-11)21-14(22)10-5-9-3-1-2-4-13(9)24-8-10/h1-7H,8H2,(H,20,23)(H,21,22). The molecule has 1 aliphatic heterocycles. The van der Waals surface area contributed by atoms with Crippen LogP contribution in [0.1, 0.15) is 11.1 Å². The zero-order valence-corrected chi connectivity index (χ0v) is 12.1. The van der Waals surface area contributed by atoms with Gasteiger partial charge in [-0.25, -0.2) is 0 Å². The SMILES string of the molecule is O=C(Nc1cc(C(F)(F)F)c[nH]c1=O)C1=Cc2ccccc2OC1. The van der Waals surface area contributed by atoms with Crippen molar-refractivity contribution in [2.45, 2.75) is 6.18 Å². The average molecular weight is 336 g/mol. The lowest BCUT2D eigenvalue weighted by Gasteiger charge is -2.17. The van der Waals surface area contributed by atoms with Crippen molar-refractivity contribution >= 4 is 17.7 Å². The Hall–Kier alpha value is -3.03. The molecular formula is C16H11F3N2O3. The number of hydrogen-bond donors (Lipinski definition) is 2. The Balaban J connectivity index is 1.86. The van der Waals surface area contributed by atoms with Crippen LogP contribution in [-0.2, 0) is 11.0 Å². The van der Waals surface area contributed by atoms with Gasteiger partial charge in [0, 0.05) is 11.8 Å². The Kier molecular flexibility index (Phi) is 3.88. The predicted molar refractivity (Wildman–Crippen MR) is 80.6 cm³/mol. The molecule has 3 rings (SSSR count). The van der Waals surface area contributed by atoms with Crippen LogP contribution in [0, 0.1) is 0 Å². The van der Waals surface area contributed by atoms with Crippen molar-refractivity contribution in [3.05, 3.63) is 63.6 Å². The molecular weight excluding hydrogens is 325 g/mol. The summed E-state index contributed by atoms with van der Waals surface area (Å²) in [5.74, 6) is -0.0970. The summed E-state index contributed by atoms with van der Waals surface area (Å²) in [5.41, 5.74) is -1.49. The summed E-state index contributed by atoms with van der Waals surface area (Å²) in [6.45, 7) is -0.0420. The number of ether oxygens (including phenoxy) is 1. The Labute approximate surface area is 133 Å². The van der Waals surface area contributed by atoms with E-state index in [0.717, 1.165) is 0 Å². The number of amides is 1. The van der Waals surface area contributed by atoms with E-state index in [0.29, 0.717) is 23.6 Å². The van der Waals surface area contributed by atoms with Crippen LogP contribution in [0.15, 0.2) is 46.9 Å². The van der Waals surface area contributed by atoms with E-state index in [1.54, 1.807) is 30.3 Å². The Morgan fingerprint density at radius 2 is 2.00 bits per heavy atom. The van der Waals surface area contributed by atoms with E-state index >= 15 is 0 Å². The van der Waals surface area contributed by atoms with Crippen LogP contribution in [0.2, 0.25) is 0 Å². The summed E-state index contributed by atoms with van der Waals surface area (Å²) >= 11 is 0. The number of aromatic amines is 1. The lowest BCUT2D eigenvalue weighted by Crippen LogP contribution is -2.25. The summed E-state index contributed by atoms with van der Waals surface area (Å²) in [6.07, 6.45) is -2.51. The fourth-order valence-corrected chi connectivity index (χ4v) is 2.19. The first-order chi connectivity index (χ1) is 11.3. The molecule has 1 amide bonds. The van der Waals surface area contributed by atoms with Crippen molar-refractivity contribution in [3.63, 3.8) is 0 Å². The molecule has 2 aromatic rings. The maximum atomic E-state index is 12.7. The second-order valence-electron chi connectivity index (χ2n) is 5.08. The molecule has 0 spiro atoms. The van der Waals surface area contributed by atoms with Gasteiger partial charge in [-0.2, -0.15) is 13.2 Å². The van der Waals surface area contributed by atoms with Crippen LogP contribution < -0.4 is 15.6 Å². The highest BCUT2D eigenvalue weighted by Crippen LogP contribution is 2.29. The molecule has 0 fully saturated rings. The third-order valence-electron chi connectivity index (χ3n) is 3.40. The lowest BCUT2D eigenvalue weighted by atomic mass is 10.1. The van der Waals surface area contributed by atoms with Crippen LogP contribution in [0.3, 0.4) is 0 Å². The van der Waals surface area contributed by atoms with Gasteiger partial charge in [0.05, 0.1) is 11.1 Å². The minimum Gasteiger partial charge on any atom is -0.488 e. The molecule has 8 heteroatoms. The Morgan fingerprint density at radius 1 is 1.25 bits per heavy atom. The first-order valence-corrected chi connectivity index (χ1v) is 6.88. The number of rotatable bonds is 2. The van der Waals surface area contributed by atoms with Gasteiger partial charge in [-0.3, -0.25) is 9.59 Å². The molecule has 24 heavy (non-hydrogen) atoms. The van der Waals surface area contributed by atoms with E-state index in [9.17, 15) is 22.8 Å². The van der Waals surface area contributed by atoms with Gasteiger partial charge in [-0.1, -0.05) is 18.2 Å². The van der Waals surface area contributed by atoms with Crippen LogP contribution in [0.25, 0.3) is 6.08 Å². The smallest absolute Gasteiger partial charge is 0.417 e. The molecule has 0 aliphatic carbocycles. The van der Waals surface area contributed by atoms with Crippen LogP contribution in [-0.4, -0.2) is 17.5 Å². The number of para-hydroxylation sites is 1. The van der Waals surface area contributed by atoms with E-state index < -0.39 is 28.9 Å². The summed E-state index contributed by atoms with van der Waals surface area (Å²) in [6, 6.07) is 7.60. The third-order valence-corrected chi connectivity index (χ3v) is 3.40. The maximum Gasteiger partial charge on any atom is 0.417 e. The van der Waals surface area contributed by atoms with Gasteiger partial charge in [0.25, 0.3) is 11.5 Å².